The van der Waals surface area contributed by atoms with E-state index in [0.717, 1.165) is 36.0 Å². The van der Waals surface area contributed by atoms with Crippen molar-refractivity contribution >= 4 is 11.7 Å². The Morgan fingerprint density at radius 1 is 1.48 bits per heavy atom. The molecule has 0 bridgehead atoms. The second-order valence-corrected chi connectivity index (χ2v) is 6.48. The third kappa shape index (κ3) is 5.24. The molecule has 4 N–H and O–H groups in total. The lowest BCUT2D eigenvalue weighted by Crippen LogP contribution is -2.34. The quantitative estimate of drug-likeness (QED) is 0.534. The van der Waals surface area contributed by atoms with E-state index in [1.54, 1.807) is 0 Å². The first-order valence-electron chi connectivity index (χ1n) is 8.82. The number of aliphatic hydroxyl groups excluding tert-OH is 2. The Kier molecular flexibility index (Phi) is 7.27. The zero-order valence-electron chi connectivity index (χ0n) is 15.4. The molecule has 0 aromatic heterocycles. The van der Waals surface area contributed by atoms with Gasteiger partial charge in [0.25, 0.3) is 0 Å². The zero-order valence-corrected chi connectivity index (χ0v) is 15.4. The molecule has 2 unspecified atom stereocenters. The summed E-state index contributed by atoms with van der Waals surface area (Å²) in [6, 6.07) is 0. The molecule has 1 aliphatic carbocycles. The van der Waals surface area contributed by atoms with Crippen LogP contribution in [0.3, 0.4) is 0 Å². The van der Waals surface area contributed by atoms with Gasteiger partial charge in [0.2, 0.25) is 0 Å². The van der Waals surface area contributed by atoms with Crippen LogP contribution in [0.15, 0.2) is 63.6 Å². The molecule has 27 heavy (non-hydrogen) atoms. The molecule has 0 amide bonds. The monoisotopic (exact) mass is 376 g/mol. The normalized spacial score (nSPS) is 24.0. The summed E-state index contributed by atoms with van der Waals surface area (Å²) in [5, 5.41) is 31.2. The largest absolute Gasteiger partial charge is 0.479 e. The highest BCUT2D eigenvalue weighted by molar-refractivity contribution is 6.12. The lowest BCUT2D eigenvalue weighted by molar-refractivity contribution is -0.144. The number of aliphatic carboxylic acids is 1. The summed E-state index contributed by atoms with van der Waals surface area (Å²) in [4.78, 5) is 15.4. The molecule has 146 valence electrons. The van der Waals surface area contributed by atoms with Crippen molar-refractivity contribution in [3.63, 3.8) is 0 Å². The molecule has 0 saturated carbocycles. The fourth-order valence-electron chi connectivity index (χ4n) is 3.29. The summed E-state index contributed by atoms with van der Waals surface area (Å²) in [5.41, 5.74) is 4.18. The Bertz CT molecular complexity index is 775. The van der Waals surface area contributed by atoms with Crippen molar-refractivity contribution in [2.75, 3.05) is 6.54 Å². The number of carboxylic acids is 1. The number of dihydropyridines is 1. The fourth-order valence-corrected chi connectivity index (χ4v) is 3.29. The lowest BCUT2D eigenvalue weighted by Gasteiger charge is -2.23. The first-order chi connectivity index (χ1) is 12.9. The summed E-state index contributed by atoms with van der Waals surface area (Å²) in [5.74, 6) is -1.41. The van der Waals surface area contributed by atoms with Crippen molar-refractivity contribution in [2.45, 2.75) is 45.4 Å². The van der Waals surface area contributed by atoms with E-state index in [2.05, 4.69) is 10.3 Å². The number of nitrogens with one attached hydrogen (secondary N) is 1. The van der Waals surface area contributed by atoms with Gasteiger partial charge >= 0.3 is 5.97 Å². The number of carboxylic acid groups (broad SMARTS) is 1. The molecule has 0 spiro atoms. The fraction of sp³-hybridized carbons (Fsp3) is 0.400. The second kappa shape index (κ2) is 9.43. The number of rotatable bonds is 6. The molecule has 2 aliphatic rings. The van der Waals surface area contributed by atoms with Crippen LogP contribution in [0.4, 0.5) is 4.39 Å². The van der Waals surface area contributed by atoms with E-state index in [4.69, 9.17) is 5.11 Å². The van der Waals surface area contributed by atoms with E-state index in [1.165, 1.54) is 18.2 Å². The van der Waals surface area contributed by atoms with Gasteiger partial charge in [-0.15, -0.1) is 0 Å². The van der Waals surface area contributed by atoms with Crippen LogP contribution in [-0.4, -0.2) is 45.9 Å². The summed E-state index contributed by atoms with van der Waals surface area (Å²) in [7, 11) is 0. The number of halogens is 1. The molecule has 2 atom stereocenters. The molecule has 0 aromatic rings. The third-order valence-corrected chi connectivity index (χ3v) is 4.57. The van der Waals surface area contributed by atoms with Crippen LogP contribution in [0.5, 0.6) is 0 Å². The molecule has 0 aromatic carbocycles. The van der Waals surface area contributed by atoms with Gasteiger partial charge in [0.1, 0.15) is 6.23 Å². The van der Waals surface area contributed by atoms with Crippen LogP contribution in [0.1, 0.15) is 33.1 Å². The SMILES string of the molecule is C/C=C1\CCCC(C)=C1C(/C=C/F)=NCC1=CC(C(O)C(=O)O)=CC(O)N1. The molecular formula is C20H25FN2O4. The summed E-state index contributed by atoms with van der Waals surface area (Å²) < 4.78 is 13.0. The van der Waals surface area contributed by atoms with Crippen molar-refractivity contribution in [3.05, 3.63) is 58.6 Å². The minimum Gasteiger partial charge on any atom is -0.479 e. The van der Waals surface area contributed by atoms with E-state index in [-0.39, 0.29) is 12.1 Å². The molecule has 7 heteroatoms. The Labute approximate surface area is 157 Å². The van der Waals surface area contributed by atoms with Crippen LogP contribution in [0, 0.1) is 0 Å². The number of carbonyl (C=O) groups is 1. The number of aliphatic imine (C=N–C) groups is 1. The predicted octanol–water partition coefficient (Wildman–Crippen LogP) is 2.53. The van der Waals surface area contributed by atoms with Gasteiger partial charge in [-0.3, -0.25) is 4.99 Å². The number of hydrogen-bond donors (Lipinski definition) is 4. The molecule has 2 rings (SSSR count). The molecular weight excluding hydrogens is 351 g/mol. The minimum absolute atomic E-state index is 0.0729. The van der Waals surface area contributed by atoms with Gasteiger partial charge in [-0.2, -0.15) is 0 Å². The van der Waals surface area contributed by atoms with Crippen molar-refractivity contribution in [2.24, 2.45) is 4.99 Å². The number of allylic oxidation sites excluding steroid dienone is 5. The maximum atomic E-state index is 13.0. The summed E-state index contributed by atoms with van der Waals surface area (Å²) >= 11 is 0. The van der Waals surface area contributed by atoms with E-state index in [1.807, 2.05) is 19.9 Å². The average molecular weight is 376 g/mol. The maximum Gasteiger partial charge on any atom is 0.337 e. The Hall–Kier alpha value is -2.51. The highest BCUT2D eigenvalue weighted by Crippen LogP contribution is 2.31. The Morgan fingerprint density at radius 3 is 2.85 bits per heavy atom. The molecule has 0 radical (unpaired) electrons. The summed E-state index contributed by atoms with van der Waals surface area (Å²) in [6.45, 7) is 4.02. The van der Waals surface area contributed by atoms with Crippen LogP contribution >= 0.6 is 0 Å². The maximum absolute atomic E-state index is 13.0. The van der Waals surface area contributed by atoms with Crippen LogP contribution in [0.2, 0.25) is 0 Å². The van der Waals surface area contributed by atoms with Gasteiger partial charge in [-0.05, 0) is 62.5 Å². The van der Waals surface area contributed by atoms with Gasteiger partial charge in [0.05, 0.1) is 18.6 Å². The zero-order chi connectivity index (χ0) is 20.0. The smallest absolute Gasteiger partial charge is 0.337 e. The highest BCUT2D eigenvalue weighted by atomic mass is 19.1. The third-order valence-electron chi connectivity index (χ3n) is 4.57. The van der Waals surface area contributed by atoms with Crippen molar-refractivity contribution < 1.29 is 24.5 Å². The molecule has 0 saturated heterocycles. The van der Waals surface area contributed by atoms with Crippen LogP contribution in [-0.2, 0) is 4.79 Å². The first-order valence-corrected chi connectivity index (χ1v) is 8.82. The average Bonchev–Trinajstić information content (AvgIpc) is 2.64. The summed E-state index contributed by atoms with van der Waals surface area (Å²) in [6.07, 6.45) is 6.41. The van der Waals surface area contributed by atoms with Gasteiger partial charge in [0.15, 0.2) is 6.10 Å². The molecule has 6 nitrogen and oxygen atoms in total. The van der Waals surface area contributed by atoms with Gasteiger partial charge in [-0.1, -0.05) is 11.6 Å². The van der Waals surface area contributed by atoms with Crippen molar-refractivity contribution in [1.29, 1.82) is 0 Å². The highest BCUT2D eigenvalue weighted by Gasteiger charge is 2.23. The van der Waals surface area contributed by atoms with E-state index < -0.39 is 18.3 Å². The van der Waals surface area contributed by atoms with E-state index >= 15 is 0 Å². The standard InChI is InChI=1S/C20H25FN2O4/c1-3-13-6-4-5-12(2)18(13)16(7-8-21)22-11-15-9-14(10-17(24)23-15)19(25)20(26)27/h3,7-10,17,19,23-25H,4-6,11H2,1-2H3,(H,26,27)/b8-7+,13-3+,22-16?. The van der Waals surface area contributed by atoms with E-state index in [9.17, 15) is 19.4 Å². The molecule has 1 aliphatic heterocycles. The molecule has 0 fully saturated rings. The number of hydrogen-bond acceptors (Lipinski definition) is 5. The Morgan fingerprint density at radius 2 is 2.22 bits per heavy atom. The topological polar surface area (TPSA) is 102 Å². The second-order valence-electron chi connectivity index (χ2n) is 6.48. The minimum atomic E-state index is -1.73. The lowest BCUT2D eigenvalue weighted by atomic mass is 9.85. The van der Waals surface area contributed by atoms with Gasteiger partial charge in [0, 0.05) is 11.3 Å². The van der Waals surface area contributed by atoms with Crippen LogP contribution < -0.4 is 5.32 Å². The van der Waals surface area contributed by atoms with Gasteiger partial charge in [-0.25, -0.2) is 9.18 Å². The van der Waals surface area contributed by atoms with Crippen LogP contribution in [0.25, 0.3) is 0 Å². The molecule has 1 heterocycles. The number of nitrogens with zero attached hydrogens (tertiary/aromatic N) is 1. The van der Waals surface area contributed by atoms with Gasteiger partial charge < -0.3 is 20.6 Å². The predicted molar refractivity (Wildman–Crippen MR) is 102 cm³/mol. The van der Waals surface area contributed by atoms with Crippen molar-refractivity contribution in [1.82, 2.24) is 5.32 Å². The number of aliphatic hydroxyl groups is 2. The van der Waals surface area contributed by atoms with E-state index in [0.29, 0.717) is 17.7 Å². The van der Waals surface area contributed by atoms with Crippen molar-refractivity contribution in [3.8, 4) is 0 Å². The first kappa shape index (κ1) is 20.8. The Balaban J connectivity index is 2.32.